The van der Waals surface area contributed by atoms with E-state index < -0.39 is 23.3 Å². The van der Waals surface area contributed by atoms with Crippen LogP contribution in [0, 0.1) is 23.2 Å². The van der Waals surface area contributed by atoms with Gasteiger partial charge in [0.25, 0.3) is 0 Å². The lowest BCUT2D eigenvalue weighted by Gasteiger charge is -2.19. The Bertz CT molecular complexity index is 679. The van der Waals surface area contributed by atoms with Crippen molar-refractivity contribution in [3.8, 4) is 5.75 Å². The molecule has 0 radical (unpaired) electrons. The number of carbonyl (C=O) groups is 3. The van der Waals surface area contributed by atoms with Crippen molar-refractivity contribution in [3.63, 3.8) is 0 Å². The Morgan fingerprint density at radius 1 is 1.21 bits per heavy atom. The highest BCUT2D eigenvalue weighted by Crippen LogP contribution is 2.71. The lowest BCUT2D eigenvalue weighted by molar-refractivity contribution is -0.153. The molecular weight excluding hydrogens is 312 g/mol. The number of ether oxygens (including phenoxy) is 2. The molecule has 1 aromatic rings. The molecule has 0 unspecified atom stereocenters. The number of carboxylic acids is 1. The van der Waals surface area contributed by atoms with Crippen molar-refractivity contribution in [1.29, 1.82) is 0 Å². The monoisotopic (exact) mass is 332 g/mol. The number of hydrogen-bond donors (Lipinski definition) is 1. The maximum absolute atomic E-state index is 12.4. The standard InChI is InChI=1S/C18H20O6/c1-10(19)24-12-5-3-11(4-6-12)9-23-17(22)14-8-7-13-15(16(20)21)18(13,14)2/h3-6,13-15H,7-9H2,1-2H3,(H,20,21)/t13-,14-,15+,18+/m0/s1. The molecule has 0 aromatic heterocycles. The van der Waals surface area contributed by atoms with Crippen molar-refractivity contribution in [3.05, 3.63) is 29.8 Å². The third-order valence-corrected chi connectivity index (χ3v) is 5.40. The Balaban J connectivity index is 1.56. The van der Waals surface area contributed by atoms with Crippen LogP contribution in [0.5, 0.6) is 5.75 Å². The molecule has 0 bridgehead atoms. The second-order valence-corrected chi connectivity index (χ2v) is 6.76. The summed E-state index contributed by atoms with van der Waals surface area (Å²) in [6, 6.07) is 6.72. The van der Waals surface area contributed by atoms with Crippen LogP contribution in [0.25, 0.3) is 0 Å². The number of hydrogen-bond acceptors (Lipinski definition) is 5. The Morgan fingerprint density at radius 3 is 2.42 bits per heavy atom. The van der Waals surface area contributed by atoms with Gasteiger partial charge < -0.3 is 14.6 Å². The molecule has 6 nitrogen and oxygen atoms in total. The first-order valence-corrected chi connectivity index (χ1v) is 8.01. The lowest BCUT2D eigenvalue weighted by atomic mass is 9.89. The van der Waals surface area contributed by atoms with Crippen LogP contribution in [0.3, 0.4) is 0 Å². The number of rotatable bonds is 5. The molecule has 1 aromatic carbocycles. The summed E-state index contributed by atoms with van der Waals surface area (Å²) >= 11 is 0. The van der Waals surface area contributed by atoms with Crippen LogP contribution in [0.2, 0.25) is 0 Å². The van der Waals surface area contributed by atoms with E-state index in [0.717, 1.165) is 12.0 Å². The van der Waals surface area contributed by atoms with E-state index in [0.29, 0.717) is 12.2 Å². The van der Waals surface area contributed by atoms with Gasteiger partial charge in [-0.25, -0.2) is 0 Å². The molecule has 0 saturated heterocycles. The van der Waals surface area contributed by atoms with Gasteiger partial charge in [0.2, 0.25) is 0 Å². The van der Waals surface area contributed by atoms with Gasteiger partial charge in [-0.1, -0.05) is 19.1 Å². The van der Waals surface area contributed by atoms with E-state index in [1.165, 1.54) is 6.92 Å². The van der Waals surface area contributed by atoms with E-state index in [1.807, 2.05) is 6.92 Å². The summed E-state index contributed by atoms with van der Waals surface area (Å²) < 4.78 is 10.3. The molecule has 24 heavy (non-hydrogen) atoms. The molecule has 2 aliphatic carbocycles. The van der Waals surface area contributed by atoms with Gasteiger partial charge in [-0.3, -0.25) is 14.4 Å². The molecule has 6 heteroatoms. The third kappa shape index (κ3) is 2.77. The van der Waals surface area contributed by atoms with Crippen molar-refractivity contribution in [2.24, 2.45) is 23.2 Å². The number of aliphatic carboxylic acids is 1. The van der Waals surface area contributed by atoms with Crippen molar-refractivity contribution in [1.82, 2.24) is 0 Å². The maximum Gasteiger partial charge on any atom is 0.309 e. The van der Waals surface area contributed by atoms with Crippen LogP contribution in [-0.2, 0) is 25.7 Å². The predicted molar refractivity (Wildman–Crippen MR) is 83.0 cm³/mol. The summed E-state index contributed by atoms with van der Waals surface area (Å²) in [5.41, 5.74) is 0.326. The van der Waals surface area contributed by atoms with E-state index in [4.69, 9.17) is 9.47 Å². The number of fused-ring (bicyclic) bond motifs is 1. The largest absolute Gasteiger partial charge is 0.481 e. The number of esters is 2. The normalized spacial score (nSPS) is 30.3. The summed E-state index contributed by atoms with van der Waals surface area (Å²) in [6.07, 6.45) is 1.46. The zero-order chi connectivity index (χ0) is 17.5. The smallest absolute Gasteiger partial charge is 0.309 e. The van der Waals surface area contributed by atoms with Gasteiger partial charge in [0, 0.05) is 6.92 Å². The van der Waals surface area contributed by atoms with Gasteiger partial charge in [-0.15, -0.1) is 0 Å². The molecule has 1 N–H and O–H groups in total. The molecule has 2 fully saturated rings. The van der Waals surface area contributed by atoms with Crippen molar-refractivity contribution in [2.45, 2.75) is 33.3 Å². The molecule has 0 amide bonds. The molecular formula is C18H20O6. The Labute approximate surface area is 139 Å². The van der Waals surface area contributed by atoms with E-state index in [2.05, 4.69) is 0 Å². The highest BCUT2D eigenvalue weighted by molar-refractivity contribution is 5.82. The summed E-state index contributed by atoms with van der Waals surface area (Å²) in [7, 11) is 0. The lowest BCUT2D eigenvalue weighted by Crippen LogP contribution is -2.26. The topological polar surface area (TPSA) is 89.9 Å². The van der Waals surface area contributed by atoms with Gasteiger partial charge in [0.1, 0.15) is 12.4 Å². The van der Waals surface area contributed by atoms with E-state index in [9.17, 15) is 19.5 Å². The molecule has 3 rings (SSSR count). The molecule has 4 atom stereocenters. The van der Waals surface area contributed by atoms with Gasteiger partial charge >= 0.3 is 17.9 Å². The van der Waals surface area contributed by atoms with Crippen molar-refractivity contribution < 1.29 is 29.0 Å². The third-order valence-electron chi connectivity index (χ3n) is 5.40. The summed E-state index contributed by atoms with van der Waals surface area (Å²) in [5, 5.41) is 9.23. The fourth-order valence-electron chi connectivity index (χ4n) is 4.12. The van der Waals surface area contributed by atoms with E-state index in [-0.39, 0.29) is 24.4 Å². The highest BCUT2D eigenvalue weighted by Gasteiger charge is 2.73. The minimum atomic E-state index is -0.818. The Hall–Kier alpha value is -2.37. The van der Waals surface area contributed by atoms with Crippen LogP contribution in [0.1, 0.15) is 32.3 Å². The summed E-state index contributed by atoms with van der Waals surface area (Å²) in [5.74, 6) is -1.78. The number of carboxylic acid groups (broad SMARTS) is 1. The minimum absolute atomic E-state index is 0.0931. The van der Waals surface area contributed by atoms with Gasteiger partial charge in [-0.2, -0.15) is 0 Å². The predicted octanol–water partition coefficient (Wildman–Crippen LogP) is 2.40. The van der Waals surface area contributed by atoms with Crippen molar-refractivity contribution >= 4 is 17.9 Å². The van der Waals surface area contributed by atoms with Crippen LogP contribution in [0.15, 0.2) is 24.3 Å². The highest BCUT2D eigenvalue weighted by atomic mass is 16.5. The Morgan fingerprint density at radius 2 is 1.88 bits per heavy atom. The SMILES string of the molecule is CC(=O)Oc1ccc(COC(=O)[C@@H]2CC[C@H]3[C@H](C(=O)O)[C@@]23C)cc1. The number of benzene rings is 1. The molecule has 2 aliphatic rings. The molecule has 0 aliphatic heterocycles. The van der Waals surface area contributed by atoms with Crippen LogP contribution < -0.4 is 4.74 Å². The van der Waals surface area contributed by atoms with Gasteiger partial charge in [0.15, 0.2) is 0 Å². The average Bonchev–Trinajstić information content (AvgIpc) is 2.98. The average molecular weight is 332 g/mol. The van der Waals surface area contributed by atoms with Crippen LogP contribution in [0.4, 0.5) is 0 Å². The summed E-state index contributed by atoms with van der Waals surface area (Å²) in [6.45, 7) is 3.32. The zero-order valence-electron chi connectivity index (χ0n) is 13.7. The Kier molecular flexibility index (Phi) is 4.07. The zero-order valence-corrected chi connectivity index (χ0v) is 13.7. The number of carbonyl (C=O) groups excluding carboxylic acids is 2. The van der Waals surface area contributed by atoms with Gasteiger partial charge in [-0.05, 0) is 41.9 Å². The van der Waals surface area contributed by atoms with Gasteiger partial charge in [0.05, 0.1) is 11.8 Å². The molecule has 128 valence electrons. The first-order valence-electron chi connectivity index (χ1n) is 8.01. The fourth-order valence-corrected chi connectivity index (χ4v) is 4.12. The second kappa shape index (κ2) is 5.92. The minimum Gasteiger partial charge on any atom is -0.481 e. The van der Waals surface area contributed by atoms with E-state index in [1.54, 1.807) is 24.3 Å². The van der Waals surface area contributed by atoms with Crippen molar-refractivity contribution in [2.75, 3.05) is 0 Å². The first-order chi connectivity index (χ1) is 11.3. The van der Waals surface area contributed by atoms with Crippen LogP contribution >= 0.6 is 0 Å². The quantitative estimate of drug-likeness (QED) is 0.658. The summed E-state index contributed by atoms with van der Waals surface area (Å²) in [4.78, 5) is 34.5. The molecule has 0 spiro atoms. The van der Waals surface area contributed by atoms with Crippen LogP contribution in [-0.4, -0.2) is 23.0 Å². The molecule has 2 saturated carbocycles. The second-order valence-electron chi connectivity index (χ2n) is 6.76. The van der Waals surface area contributed by atoms with E-state index >= 15 is 0 Å². The maximum atomic E-state index is 12.4. The molecule has 0 heterocycles. The first kappa shape index (κ1) is 16.5. The fraction of sp³-hybridized carbons (Fsp3) is 0.500.